The summed E-state index contributed by atoms with van der Waals surface area (Å²) in [5, 5.41) is 11.9. The number of hydrogen-bond acceptors (Lipinski definition) is 3. The largest absolute Gasteiger partial charge is 0.491 e. The summed E-state index contributed by atoms with van der Waals surface area (Å²) >= 11 is 0. The van der Waals surface area contributed by atoms with E-state index in [1.54, 1.807) is 4.90 Å². The van der Waals surface area contributed by atoms with Crippen molar-refractivity contribution in [2.24, 2.45) is 11.8 Å². The molecule has 0 aliphatic carbocycles. The molecule has 0 aromatic heterocycles. The molecule has 1 saturated heterocycles. The van der Waals surface area contributed by atoms with Crippen LogP contribution < -0.4 is 10.1 Å². The summed E-state index contributed by atoms with van der Waals surface area (Å²) in [6.45, 7) is 5.56. The van der Waals surface area contributed by atoms with Crippen LogP contribution in [0.5, 0.6) is 5.75 Å². The van der Waals surface area contributed by atoms with Gasteiger partial charge in [0.1, 0.15) is 12.4 Å². The van der Waals surface area contributed by atoms with E-state index in [4.69, 9.17) is 9.84 Å². The van der Waals surface area contributed by atoms with Crippen molar-refractivity contribution in [1.82, 2.24) is 10.2 Å². The number of aryl methyl sites for hydroxylation is 1. The van der Waals surface area contributed by atoms with Gasteiger partial charge in [-0.15, -0.1) is 0 Å². The fourth-order valence-corrected chi connectivity index (χ4v) is 2.85. The van der Waals surface area contributed by atoms with E-state index in [2.05, 4.69) is 5.32 Å². The molecule has 1 fully saturated rings. The molecule has 2 N–H and O–H groups in total. The van der Waals surface area contributed by atoms with Gasteiger partial charge in [-0.1, -0.05) is 25.1 Å². The van der Waals surface area contributed by atoms with Crippen LogP contribution in [0.2, 0.25) is 0 Å². The molecule has 1 aliphatic heterocycles. The number of piperidine rings is 1. The van der Waals surface area contributed by atoms with Gasteiger partial charge in [0.2, 0.25) is 0 Å². The summed E-state index contributed by atoms with van der Waals surface area (Å²) < 4.78 is 5.63. The van der Waals surface area contributed by atoms with Gasteiger partial charge in [0, 0.05) is 13.1 Å². The Hall–Kier alpha value is -2.24. The summed E-state index contributed by atoms with van der Waals surface area (Å²) in [7, 11) is 0. The Morgan fingerprint density at radius 1 is 1.35 bits per heavy atom. The van der Waals surface area contributed by atoms with E-state index in [9.17, 15) is 9.59 Å². The SMILES string of the molecule is Cc1ccccc1OCCNC(=O)N1CC(C)CC(C(=O)O)C1. The van der Waals surface area contributed by atoms with E-state index in [-0.39, 0.29) is 18.5 Å². The Morgan fingerprint density at radius 2 is 2.09 bits per heavy atom. The van der Waals surface area contributed by atoms with Crippen LogP contribution in [0.1, 0.15) is 18.9 Å². The monoisotopic (exact) mass is 320 g/mol. The van der Waals surface area contributed by atoms with Gasteiger partial charge in [-0.25, -0.2) is 4.79 Å². The minimum atomic E-state index is -0.836. The highest BCUT2D eigenvalue weighted by atomic mass is 16.5. The van der Waals surface area contributed by atoms with Crippen molar-refractivity contribution < 1.29 is 19.4 Å². The zero-order chi connectivity index (χ0) is 16.8. The molecule has 0 bridgehead atoms. The highest BCUT2D eigenvalue weighted by molar-refractivity contribution is 5.76. The molecule has 1 aliphatic rings. The van der Waals surface area contributed by atoms with E-state index >= 15 is 0 Å². The van der Waals surface area contributed by atoms with Gasteiger partial charge >= 0.3 is 12.0 Å². The van der Waals surface area contributed by atoms with E-state index < -0.39 is 11.9 Å². The molecule has 2 amide bonds. The number of ether oxygens (including phenoxy) is 1. The van der Waals surface area contributed by atoms with Crippen molar-refractivity contribution in [2.75, 3.05) is 26.2 Å². The third-order valence-corrected chi connectivity index (χ3v) is 4.03. The van der Waals surface area contributed by atoms with Crippen LogP contribution in [0.3, 0.4) is 0 Å². The molecule has 6 nitrogen and oxygen atoms in total. The average Bonchev–Trinajstić information content (AvgIpc) is 2.52. The second-order valence-corrected chi connectivity index (χ2v) is 6.13. The van der Waals surface area contributed by atoms with Crippen LogP contribution in [0.25, 0.3) is 0 Å². The number of benzene rings is 1. The molecule has 126 valence electrons. The Morgan fingerprint density at radius 3 is 2.78 bits per heavy atom. The average molecular weight is 320 g/mol. The number of para-hydroxylation sites is 1. The lowest BCUT2D eigenvalue weighted by Gasteiger charge is -2.34. The van der Waals surface area contributed by atoms with Gasteiger partial charge in [-0.3, -0.25) is 4.79 Å². The summed E-state index contributed by atoms with van der Waals surface area (Å²) in [6, 6.07) is 7.48. The number of hydrogen-bond donors (Lipinski definition) is 2. The number of rotatable bonds is 5. The number of likely N-dealkylation sites (tertiary alicyclic amines) is 1. The Labute approximate surface area is 136 Å². The maximum atomic E-state index is 12.2. The minimum Gasteiger partial charge on any atom is -0.491 e. The normalized spacial score (nSPS) is 20.9. The van der Waals surface area contributed by atoms with Crippen LogP contribution in [-0.4, -0.2) is 48.2 Å². The third-order valence-electron chi connectivity index (χ3n) is 4.03. The number of carbonyl (C=O) groups is 2. The van der Waals surface area contributed by atoms with E-state index in [1.807, 2.05) is 38.1 Å². The summed E-state index contributed by atoms with van der Waals surface area (Å²) in [5.41, 5.74) is 1.05. The third kappa shape index (κ3) is 4.87. The number of nitrogens with zero attached hydrogens (tertiary/aromatic N) is 1. The topological polar surface area (TPSA) is 78.9 Å². The molecular formula is C17H24N2O4. The van der Waals surface area contributed by atoms with Crippen LogP contribution in [-0.2, 0) is 4.79 Å². The number of carbonyl (C=O) groups excluding carboxylic acids is 1. The first kappa shape index (κ1) is 17.1. The maximum absolute atomic E-state index is 12.2. The standard InChI is InChI=1S/C17H24N2O4/c1-12-9-14(16(20)21)11-19(10-12)17(22)18-7-8-23-15-6-4-3-5-13(15)2/h3-6,12,14H,7-11H2,1-2H3,(H,18,22)(H,20,21). The first-order valence-electron chi connectivity index (χ1n) is 7.91. The van der Waals surface area contributed by atoms with Gasteiger partial charge in [-0.2, -0.15) is 0 Å². The molecule has 1 aromatic carbocycles. The molecule has 0 radical (unpaired) electrons. The predicted molar refractivity (Wildman–Crippen MR) is 86.6 cm³/mol. The van der Waals surface area contributed by atoms with Gasteiger partial charge in [-0.05, 0) is 30.9 Å². The van der Waals surface area contributed by atoms with Crippen molar-refractivity contribution in [3.8, 4) is 5.75 Å². The second kappa shape index (κ2) is 7.85. The Bertz CT molecular complexity index is 561. The lowest BCUT2D eigenvalue weighted by molar-refractivity contribution is -0.143. The number of urea groups is 1. The summed E-state index contributed by atoms with van der Waals surface area (Å²) in [6.07, 6.45) is 0.621. The molecule has 0 saturated carbocycles. The zero-order valence-corrected chi connectivity index (χ0v) is 13.6. The number of carboxylic acid groups (broad SMARTS) is 1. The molecule has 1 heterocycles. The molecule has 23 heavy (non-hydrogen) atoms. The van der Waals surface area contributed by atoms with Crippen molar-refractivity contribution in [3.63, 3.8) is 0 Å². The lowest BCUT2D eigenvalue weighted by atomic mass is 9.91. The molecular weight excluding hydrogens is 296 g/mol. The minimum absolute atomic E-state index is 0.193. The molecule has 2 atom stereocenters. The van der Waals surface area contributed by atoms with Crippen LogP contribution in [0, 0.1) is 18.8 Å². The fraction of sp³-hybridized carbons (Fsp3) is 0.529. The van der Waals surface area contributed by atoms with Gasteiger partial charge in [0.15, 0.2) is 0 Å². The summed E-state index contributed by atoms with van der Waals surface area (Å²) in [4.78, 5) is 24.9. The molecule has 2 rings (SSSR count). The van der Waals surface area contributed by atoms with Gasteiger partial charge in [0.25, 0.3) is 0 Å². The number of aliphatic carboxylic acids is 1. The lowest BCUT2D eigenvalue weighted by Crippen LogP contribution is -2.50. The van der Waals surface area contributed by atoms with Crippen LogP contribution in [0.4, 0.5) is 4.79 Å². The van der Waals surface area contributed by atoms with E-state index in [0.29, 0.717) is 26.1 Å². The highest BCUT2D eigenvalue weighted by Crippen LogP contribution is 2.21. The Balaban J connectivity index is 1.76. The Kier molecular flexibility index (Phi) is 5.84. The molecule has 1 aromatic rings. The van der Waals surface area contributed by atoms with E-state index in [1.165, 1.54) is 0 Å². The van der Waals surface area contributed by atoms with Crippen molar-refractivity contribution in [3.05, 3.63) is 29.8 Å². The number of carboxylic acids is 1. The quantitative estimate of drug-likeness (QED) is 0.815. The smallest absolute Gasteiger partial charge is 0.317 e. The number of nitrogens with one attached hydrogen (secondary N) is 1. The summed E-state index contributed by atoms with van der Waals surface area (Å²) in [5.74, 6) is -0.317. The first-order chi connectivity index (χ1) is 11.0. The first-order valence-corrected chi connectivity index (χ1v) is 7.91. The fourth-order valence-electron chi connectivity index (χ4n) is 2.85. The van der Waals surface area contributed by atoms with Gasteiger partial charge in [0.05, 0.1) is 12.5 Å². The van der Waals surface area contributed by atoms with Crippen molar-refractivity contribution >= 4 is 12.0 Å². The second-order valence-electron chi connectivity index (χ2n) is 6.13. The van der Waals surface area contributed by atoms with E-state index in [0.717, 1.165) is 11.3 Å². The molecule has 6 heteroatoms. The maximum Gasteiger partial charge on any atom is 0.317 e. The predicted octanol–water partition coefficient (Wildman–Crippen LogP) is 2.13. The van der Waals surface area contributed by atoms with Crippen molar-refractivity contribution in [1.29, 1.82) is 0 Å². The highest BCUT2D eigenvalue weighted by Gasteiger charge is 2.31. The van der Waals surface area contributed by atoms with Gasteiger partial charge < -0.3 is 20.1 Å². The molecule has 0 spiro atoms. The van der Waals surface area contributed by atoms with Crippen molar-refractivity contribution in [2.45, 2.75) is 20.3 Å². The van der Waals surface area contributed by atoms with Crippen LogP contribution in [0.15, 0.2) is 24.3 Å². The molecule has 2 unspecified atom stereocenters. The van der Waals surface area contributed by atoms with Crippen LogP contribution >= 0.6 is 0 Å². The number of amides is 2. The zero-order valence-electron chi connectivity index (χ0n) is 13.6.